The summed E-state index contributed by atoms with van der Waals surface area (Å²) in [4.78, 5) is 21.7. The molecular formula is C15H20N4O2. The first-order valence-electron chi connectivity index (χ1n) is 7.31. The van der Waals surface area contributed by atoms with Crippen molar-refractivity contribution in [3.63, 3.8) is 0 Å². The number of likely N-dealkylation sites (tertiary alicyclic amines) is 1. The number of urea groups is 1. The average Bonchev–Trinajstić information content (AvgIpc) is 3.13. The van der Waals surface area contributed by atoms with Gasteiger partial charge < -0.3 is 20.3 Å². The van der Waals surface area contributed by atoms with Crippen molar-refractivity contribution >= 4 is 17.1 Å². The summed E-state index contributed by atoms with van der Waals surface area (Å²) in [6.45, 7) is 2.62. The molecule has 2 amide bonds. The third kappa shape index (κ3) is 2.71. The number of nitrogens with one attached hydrogen (secondary N) is 2. The van der Waals surface area contributed by atoms with E-state index in [2.05, 4.69) is 15.3 Å². The van der Waals surface area contributed by atoms with Crippen molar-refractivity contribution in [3.8, 4) is 0 Å². The molecule has 2 heterocycles. The molecule has 3 rings (SSSR count). The number of aliphatic hydroxyl groups is 1. The smallest absolute Gasteiger partial charge is 0.318 e. The van der Waals surface area contributed by atoms with E-state index in [4.69, 9.17) is 0 Å². The number of hydrogen-bond donors (Lipinski definition) is 3. The molecule has 0 saturated carbocycles. The van der Waals surface area contributed by atoms with Crippen LogP contribution in [0.25, 0.3) is 11.0 Å². The number of aromatic nitrogens is 2. The van der Waals surface area contributed by atoms with Crippen molar-refractivity contribution in [1.29, 1.82) is 0 Å². The number of carbonyl (C=O) groups excluding carboxylic acids is 1. The number of H-pyrrole nitrogens is 1. The molecule has 0 aliphatic carbocycles. The van der Waals surface area contributed by atoms with Gasteiger partial charge in [0.25, 0.3) is 0 Å². The van der Waals surface area contributed by atoms with Crippen molar-refractivity contribution in [3.05, 3.63) is 30.1 Å². The second-order valence-corrected chi connectivity index (χ2v) is 5.48. The van der Waals surface area contributed by atoms with E-state index in [1.165, 1.54) is 0 Å². The van der Waals surface area contributed by atoms with E-state index in [9.17, 15) is 9.90 Å². The van der Waals surface area contributed by atoms with Gasteiger partial charge in [-0.25, -0.2) is 9.78 Å². The number of benzene rings is 1. The van der Waals surface area contributed by atoms with E-state index in [0.717, 1.165) is 29.7 Å². The Balaban J connectivity index is 1.70. The van der Waals surface area contributed by atoms with Gasteiger partial charge in [0.2, 0.25) is 0 Å². The standard InChI is InChI=1S/C15H20N4O2/c1-10(14-17-12-6-2-3-7-13(12)18-14)16-15(21)19-8-4-5-11(19)9-20/h2-3,6-7,10-11,20H,4-5,8-9H2,1H3,(H,16,21)(H,17,18). The van der Waals surface area contributed by atoms with Crippen molar-refractivity contribution < 1.29 is 9.90 Å². The van der Waals surface area contributed by atoms with Gasteiger partial charge in [0, 0.05) is 6.54 Å². The molecule has 112 valence electrons. The monoisotopic (exact) mass is 288 g/mol. The van der Waals surface area contributed by atoms with Gasteiger partial charge in [0.05, 0.1) is 29.7 Å². The molecule has 3 N–H and O–H groups in total. The summed E-state index contributed by atoms with van der Waals surface area (Å²) < 4.78 is 0. The third-order valence-electron chi connectivity index (χ3n) is 4.01. The Kier molecular flexibility index (Phi) is 3.79. The van der Waals surface area contributed by atoms with Gasteiger partial charge in [0.1, 0.15) is 5.82 Å². The van der Waals surface area contributed by atoms with Crippen LogP contribution >= 0.6 is 0 Å². The fourth-order valence-corrected chi connectivity index (χ4v) is 2.81. The number of carbonyl (C=O) groups is 1. The molecule has 2 unspecified atom stereocenters. The lowest BCUT2D eigenvalue weighted by atomic mass is 10.2. The maximum Gasteiger partial charge on any atom is 0.318 e. The molecule has 1 aliphatic rings. The molecule has 0 spiro atoms. The van der Waals surface area contributed by atoms with Crippen LogP contribution in [0.3, 0.4) is 0 Å². The predicted molar refractivity (Wildman–Crippen MR) is 79.9 cm³/mol. The number of aromatic amines is 1. The van der Waals surface area contributed by atoms with E-state index < -0.39 is 0 Å². The van der Waals surface area contributed by atoms with Crippen molar-refractivity contribution in [1.82, 2.24) is 20.2 Å². The summed E-state index contributed by atoms with van der Waals surface area (Å²) in [5.74, 6) is 0.740. The maximum absolute atomic E-state index is 12.3. The van der Waals surface area contributed by atoms with Crippen LogP contribution in [0, 0.1) is 0 Å². The number of rotatable bonds is 3. The second-order valence-electron chi connectivity index (χ2n) is 5.48. The molecule has 21 heavy (non-hydrogen) atoms. The van der Waals surface area contributed by atoms with Crippen LogP contribution in [0.4, 0.5) is 4.79 Å². The Morgan fingerprint density at radius 3 is 3.14 bits per heavy atom. The van der Waals surface area contributed by atoms with Crippen LogP contribution in [0.15, 0.2) is 24.3 Å². The van der Waals surface area contributed by atoms with E-state index in [1.54, 1.807) is 4.90 Å². The van der Waals surface area contributed by atoms with E-state index >= 15 is 0 Å². The Morgan fingerprint density at radius 1 is 1.57 bits per heavy atom. The topological polar surface area (TPSA) is 81.2 Å². The predicted octanol–water partition coefficient (Wildman–Crippen LogP) is 1.79. The summed E-state index contributed by atoms with van der Waals surface area (Å²) in [6.07, 6.45) is 1.81. The van der Waals surface area contributed by atoms with Gasteiger partial charge in [0.15, 0.2) is 0 Å². The summed E-state index contributed by atoms with van der Waals surface area (Å²) in [7, 11) is 0. The zero-order chi connectivity index (χ0) is 14.8. The van der Waals surface area contributed by atoms with Crippen LogP contribution < -0.4 is 5.32 Å². The van der Waals surface area contributed by atoms with Gasteiger partial charge in [-0.1, -0.05) is 12.1 Å². The maximum atomic E-state index is 12.3. The molecule has 1 aromatic heterocycles. The van der Waals surface area contributed by atoms with Crippen LogP contribution in [0.5, 0.6) is 0 Å². The fraction of sp³-hybridized carbons (Fsp3) is 0.467. The van der Waals surface area contributed by atoms with E-state index in [1.807, 2.05) is 31.2 Å². The van der Waals surface area contributed by atoms with E-state index in [0.29, 0.717) is 6.54 Å². The van der Waals surface area contributed by atoms with Crippen LogP contribution in [0.2, 0.25) is 0 Å². The zero-order valence-electron chi connectivity index (χ0n) is 12.0. The summed E-state index contributed by atoms with van der Waals surface area (Å²) >= 11 is 0. The summed E-state index contributed by atoms with van der Waals surface area (Å²) in [6, 6.07) is 7.38. The largest absolute Gasteiger partial charge is 0.394 e. The van der Waals surface area contributed by atoms with Gasteiger partial charge in [-0.15, -0.1) is 0 Å². The molecule has 1 aromatic carbocycles. The molecule has 1 aliphatic heterocycles. The summed E-state index contributed by atoms with van der Waals surface area (Å²) in [5.41, 5.74) is 1.85. The Morgan fingerprint density at radius 2 is 2.38 bits per heavy atom. The van der Waals surface area contributed by atoms with Gasteiger partial charge in [-0.3, -0.25) is 0 Å². The number of aliphatic hydroxyl groups excluding tert-OH is 1. The minimum atomic E-state index is -0.204. The number of amides is 2. The third-order valence-corrected chi connectivity index (χ3v) is 4.01. The van der Waals surface area contributed by atoms with Gasteiger partial charge >= 0.3 is 6.03 Å². The summed E-state index contributed by atoms with van der Waals surface area (Å²) in [5, 5.41) is 12.2. The minimum Gasteiger partial charge on any atom is -0.394 e. The lowest BCUT2D eigenvalue weighted by molar-refractivity contribution is 0.155. The van der Waals surface area contributed by atoms with Gasteiger partial charge in [-0.2, -0.15) is 0 Å². The lowest BCUT2D eigenvalue weighted by Gasteiger charge is -2.25. The van der Waals surface area contributed by atoms with E-state index in [-0.39, 0.29) is 24.7 Å². The molecule has 6 heteroatoms. The lowest BCUT2D eigenvalue weighted by Crippen LogP contribution is -2.45. The highest BCUT2D eigenvalue weighted by Gasteiger charge is 2.29. The first-order valence-corrected chi connectivity index (χ1v) is 7.31. The van der Waals surface area contributed by atoms with Crippen molar-refractivity contribution in [2.75, 3.05) is 13.2 Å². The van der Waals surface area contributed by atoms with Crippen LogP contribution in [0.1, 0.15) is 31.6 Å². The molecule has 2 aromatic rings. The quantitative estimate of drug-likeness (QED) is 0.805. The van der Waals surface area contributed by atoms with Crippen LogP contribution in [-0.2, 0) is 0 Å². The highest BCUT2D eigenvalue weighted by atomic mass is 16.3. The minimum absolute atomic E-state index is 0.0203. The molecule has 1 fully saturated rings. The number of nitrogens with zero attached hydrogens (tertiary/aromatic N) is 2. The van der Waals surface area contributed by atoms with Crippen molar-refractivity contribution in [2.24, 2.45) is 0 Å². The SMILES string of the molecule is CC(NC(=O)N1CCCC1CO)c1nc2ccccc2[nH]1. The first-order chi connectivity index (χ1) is 10.2. The molecular weight excluding hydrogens is 268 g/mol. The van der Waals surface area contributed by atoms with Crippen LogP contribution in [-0.4, -0.2) is 45.2 Å². The van der Waals surface area contributed by atoms with Gasteiger partial charge in [-0.05, 0) is 31.9 Å². The molecule has 2 atom stereocenters. The zero-order valence-corrected chi connectivity index (χ0v) is 12.0. The number of para-hydroxylation sites is 2. The number of hydrogen-bond acceptors (Lipinski definition) is 3. The number of fused-ring (bicyclic) bond motifs is 1. The Hall–Kier alpha value is -2.08. The fourth-order valence-electron chi connectivity index (χ4n) is 2.81. The molecule has 6 nitrogen and oxygen atoms in total. The molecule has 0 radical (unpaired) electrons. The molecule has 1 saturated heterocycles. The molecule has 0 bridgehead atoms. The average molecular weight is 288 g/mol. The first kappa shape index (κ1) is 13.9. The Bertz CT molecular complexity index is 606. The van der Waals surface area contributed by atoms with Crippen molar-refractivity contribution in [2.45, 2.75) is 31.8 Å². The highest BCUT2D eigenvalue weighted by Crippen LogP contribution is 2.19. The second kappa shape index (κ2) is 5.73. The number of imidazole rings is 1. The Labute approximate surface area is 123 Å². The highest BCUT2D eigenvalue weighted by molar-refractivity contribution is 5.77. The normalized spacial score (nSPS) is 19.9.